The number of rotatable bonds is 7. The lowest BCUT2D eigenvalue weighted by atomic mass is 9.82. The molecule has 1 aliphatic heterocycles. The Bertz CT molecular complexity index is 1110. The predicted octanol–water partition coefficient (Wildman–Crippen LogP) is 7.47. The van der Waals surface area contributed by atoms with Crippen molar-refractivity contribution in [1.29, 1.82) is 0 Å². The summed E-state index contributed by atoms with van der Waals surface area (Å²) < 4.78 is 6.07. The Morgan fingerprint density at radius 3 is 2.16 bits per heavy atom. The van der Waals surface area contributed by atoms with Crippen molar-refractivity contribution >= 4 is 40.9 Å². The predicted molar refractivity (Wildman–Crippen MR) is 131 cm³/mol. The summed E-state index contributed by atoms with van der Waals surface area (Å²) in [6.45, 7) is 0. The third-order valence-corrected chi connectivity index (χ3v) is 7.06. The van der Waals surface area contributed by atoms with Crippen LogP contribution in [-0.2, 0) is 27.3 Å². The van der Waals surface area contributed by atoms with Gasteiger partial charge in [0.1, 0.15) is 16.3 Å². The van der Waals surface area contributed by atoms with Gasteiger partial charge < -0.3 is 9.84 Å². The second kappa shape index (κ2) is 10.0. The van der Waals surface area contributed by atoms with Gasteiger partial charge in [0.15, 0.2) is 0 Å². The number of hydrogen-bond donors (Lipinski definition) is 1. The van der Waals surface area contributed by atoms with Crippen LogP contribution in [0.25, 0.3) is 0 Å². The van der Waals surface area contributed by atoms with Crippen LogP contribution in [0, 0.1) is 0 Å². The van der Waals surface area contributed by atoms with E-state index < -0.39 is 11.6 Å². The Labute approximate surface area is 202 Å². The zero-order chi connectivity index (χ0) is 22.6. The first-order valence-corrected chi connectivity index (χ1v) is 12.0. The van der Waals surface area contributed by atoms with E-state index in [0.29, 0.717) is 28.6 Å². The highest BCUT2D eigenvalue weighted by Crippen LogP contribution is 2.44. The number of thioether (sulfide) groups is 1. The fourth-order valence-electron chi connectivity index (χ4n) is 3.89. The summed E-state index contributed by atoms with van der Waals surface area (Å²) in [4.78, 5) is 13.3. The zero-order valence-corrected chi connectivity index (χ0v) is 19.6. The number of benzene rings is 3. The molecule has 1 aliphatic rings. The molecule has 0 saturated carbocycles. The Balaban J connectivity index is 1.59. The maximum absolute atomic E-state index is 13.0. The number of cyclic esters (lactones) is 1. The van der Waals surface area contributed by atoms with E-state index >= 15 is 0 Å². The smallest absolute Gasteiger partial charge is 0.348 e. The van der Waals surface area contributed by atoms with Gasteiger partial charge in [-0.1, -0.05) is 83.9 Å². The molecule has 6 heteroatoms. The van der Waals surface area contributed by atoms with Gasteiger partial charge in [-0.25, -0.2) is 4.79 Å². The van der Waals surface area contributed by atoms with Crippen molar-refractivity contribution in [3.63, 3.8) is 0 Å². The highest BCUT2D eigenvalue weighted by Gasteiger charge is 2.43. The maximum Gasteiger partial charge on any atom is 0.348 e. The van der Waals surface area contributed by atoms with Gasteiger partial charge >= 0.3 is 5.97 Å². The lowest BCUT2D eigenvalue weighted by Gasteiger charge is -2.37. The normalized spacial score (nSPS) is 18.5. The number of halogens is 2. The highest BCUT2D eigenvalue weighted by atomic mass is 35.5. The molecule has 1 unspecified atom stereocenters. The monoisotopic (exact) mass is 484 g/mol. The number of ether oxygens (including phenoxy) is 1. The molecule has 0 fully saturated rings. The van der Waals surface area contributed by atoms with Crippen molar-refractivity contribution in [2.45, 2.75) is 30.6 Å². The van der Waals surface area contributed by atoms with Crippen LogP contribution in [0.15, 0.2) is 89.5 Å². The van der Waals surface area contributed by atoms with Gasteiger partial charge in [-0.2, -0.15) is 0 Å². The Morgan fingerprint density at radius 1 is 0.906 bits per heavy atom. The van der Waals surface area contributed by atoms with Crippen molar-refractivity contribution in [1.82, 2.24) is 0 Å². The van der Waals surface area contributed by atoms with E-state index in [1.165, 1.54) is 11.8 Å². The van der Waals surface area contributed by atoms with Gasteiger partial charge in [0.2, 0.25) is 0 Å². The molecule has 1 N–H and O–H groups in total. The molecule has 164 valence electrons. The molecule has 3 nitrogen and oxygen atoms in total. The van der Waals surface area contributed by atoms with Crippen LogP contribution in [-0.4, -0.2) is 11.1 Å². The highest BCUT2D eigenvalue weighted by molar-refractivity contribution is 8.03. The molecular formula is C26H22Cl2O3S. The van der Waals surface area contributed by atoms with Crippen LogP contribution >= 0.6 is 35.0 Å². The first kappa shape index (κ1) is 22.8. The van der Waals surface area contributed by atoms with Crippen LogP contribution in [0.2, 0.25) is 10.0 Å². The van der Waals surface area contributed by atoms with Crippen molar-refractivity contribution < 1.29 is 14.6 Å². The Hall–Kier alpha value is -2.40. The molecule has 0 aliphatic carbocycles. The van der Waals surface area contributed by atoms with Gasteiger partial charge in [0, 0.05) is 15.8 Å². The van der Waals surface area contributed by atoms with E-state index in [9.17, 15) is 9.90 Å². The number of carbonyl (C=O) groups excluding carboxylic acids is 1. The number of hydrogen-bond acceptors (Lipinski definition) is 4. The minimum atomic E-state index is -0.964. The minimum Gasteiger partial charge on any atom is -0.511 e. The average molecular weight is 485 g/mol. The molecule has 3 aromatic rings. The van der Waals surface area contributed by atoms with Gasteiger partial charge in [0.25, 0.3) is 0 Å². The standard InChI is InChI=1S/C26H22Cl2O3S/c27-21-13-19(14-22(28)15-21)11-12-26(20-9-5-2-6-10-20)16-23(29)24(25(30)31-26)32-17-18-7-3-1-4-8-18/h1-10,13-15,29H,11-12,16-17H2. The zero-order valence-electron chi connectivity index (χ0n) is 17.3. The molecule has 32 heavy (non-hydrogen) atoms. The van der Waals surface area contributed by atoms with Gasteiger partial charge in [-0.05, 0) is 47.7 Å². The number of carbonyl (C=O) groups is 1. The van der Waals surface area contributed by atoms with Gasteiger partial charge in [-0.3, -0.25) is 0 Å². The molecule has 4 rings (SSSR count). The van der Waals surface area contributed by atoms with Crippen molar-refractivity contribution in [2.75, 3.05) is 0 Å². The van der Waals surface area contributed by atoms with Crippen molar-refractivity contribution in [3.8, 4) is 0 Å². The van der Waals surface area contributed by atoms with E-state index in [1.807, 2.05) is 72.8 Å². The molecule has 0 saturated heterocycles. The second-order valence-electron chi connectivity index (χ2n) is 7.75. The topological polar surface area (TPSA) is 46.5 Å². The molecule has 0 bridgehead atoms. The summed E-state index contributed by atoms with van der Waals surface area (Å²) in [5.74, 6) is 0.145. The summed E-state index contributed by atoms with van der Waals surface area (Å²) in [5, 5.41) is 12.0. The molecular weight excluding hydrogens is 463 g/mol. The van der Waals surface area contributed by atoms with Gasteiger partial charge in [0.05, 0.1) is 6.42 Å². The molecule has 0 amide bonds. The summed E-state index contributed by atoms with van der Waals surface area (Å²) in [5.41, 5.74) is 1.90. The van der Waals surface area contributed by atoms with Gasteiger partial charge in [-0.15, -0.1) is 11.8 Å². The van der Waals surface area contributed by atoms with Crippen molar-refractivity contribution in [2.24, 2.45) is 0 Å². The molecule has 0 aromatic heterocycles. The minimum absolute atomic E-state index is 0.0650. The molecule has 0 radical (unpaired) electrons. The van der Waals surface area contributed by atoms with E-state index in [-0.39, 0.29) is 17.1 Å². The first-order valence-electron chi connectivity index (χ1n) is 10.3. The number of esters is 1. The number of aryl methyl sites for hydroxylation is 1. The van der Waals surface area contributed by atoms with Crippen LogP contribution in [0.4, 0.5) is 0 Å². The number of aliphatic hydroxyl groups excluding tert-OH is 1. The fourth-order valence-corrected chi connectivity index (χ4v) is 5.36. The van der Waals surface area contributed by atoms with Crippen LogP contribution in [0.1, 0.15) is 29.5 Å². The summed E-state index contributed by atoms with van der Waals surface area (Å²) >= 11 is 13.6. The summed E-state index contributed by atoms with van der Waals surface area (Å²) in [6, 6.07) is 24.8. The second-order valence-corrected chi connectivity index (χ2v) is 9.61. The molecule has 1 heterocycles. The third kappa shape index (κ3) is 5.32. The first-order chi connectivity index (χ1) is 15.4. The third-order valence-electron chi connectivity index (χ3n) is 5.45. The maximum atomic E-state index is 13.0. The SMILES string of the molecule is O=C1OC(CCc2cc(Cl)cc(Cl)c2)(c2ccccc2)CC(O)=C1SCc1ccccc1. The van der Waals surface area contributed by atoms with Crippen molar-refractivity contribution in [3.05, 3.63) is 116 Å². The molecule has 3 aromatic carbocycles. The Morgan fingerprint density at radius 2 is 1.53 bits per heavy atom. The van der Waals surface area contributed by atoms with E-state index in [1.54, 1.807) is 6.07 Å². The van der Waals surface area contributed by atoms with Crippen LogP contribution in [0.3, 0.4) is 0 Å². The van der Waals surface area contributed by atoms with E-state index in [2.05, 4.69) is 0 Å². The lowest BCUT2D eigenvalue weighted by molar-refractivity contribution is -0.160. The van der Waals surface area contributed by atoms with Crippen LogP contribution < -0.4 is 0 Å². The summed E-state index contributed by atoms with van der Waals surface area (Å²) in [7, 11) is 0. The van der Waals surface area contributed by atoms with Crippen LogP contribution in [0.5, 0.6) is 0 Å². The largest absolute Gasteiger partial charge is 0.511 e. The lowest BCUT2D eigenvalue weighted by Crippen LogP contribution is -2.38. The van der Waals surface area contributed by atoms with E-state index in [0.717, 1.165) is 16.7 Å². The Kier molecular flexibility index (Phi) is 7.14. The average Bonchev–Trinajstić information content (AvgIpc) is 2.78. The summed E-state index contributed by atoms with van der Waals surface area (Å²) in [6.07, 6.45) is 1.29. The quantitative estimate of drug-likeness (QED) is 0.353. The fraction of sp³-hybridized carbons (Fsp3) is 0.192. The van der Waals surface area contributed by atoms with E-state index in [4.69, 9.17) is 27.9 Å². The molecule has 1 atom stereocenters. The number of aliphatic hydroxyl groups is 1. The molecule has 0 spiro atoms.